The van der Waals surface area contributed by atoms with E-state index in [1.165, 1.54) is 12.3 Å². The van der Waals surface area contributed by atoms with Gasteiger partial charge in [0, 0.05) is 45.6 Å². The fraction of sp³-hybridized carbons (Fsp3) is 0.625. The summed E-state index contributed by atoms with van der Waals surface area (Å²) in [6.45, 7) is 4.78. The van der Waals surface area contributed by atoms with Crippen LogP contribution in [0.4, 0.5) is 10.5 Å². The van der Waals surface area contributed by atoms with E-state index in [4.69, 9.17) is 4.74 Å². The zero-order valence-electron chi connectivity index (χ0n) is 14.3. The van der Waals surface area contributed by atoms with Gasteiger partial charge in [-0.05, 0) is 25.0 Å². The van der Waals surface area contributed by atoms with Crippen LogP contribution in [0.1, 0.15) is 12.8 Å². The summed E-state index contributed by atoms with van der Waals surface area (Å²) >= 11 is 0. The van der Waals surface area contributed by atoms with E-state index in [0.29, 0.717) is 24.9 Å². The molecule has 0 radical (unpaired) electrons. The Morgan fingerprint density at radius 3 is 2.64 bits per heavy atom. The highest BCUT2D eigenvalue weighted by atomic mass is 32.2. The van der Waals surface area contributed by atoms with Gasteiger partial charge in [0.05, 0.1) is 18.0 Å². The fourth-order valence-electron chi connectivity index (χ4n) is 3.09. The maximum Gasteiger partial charge on any atom is 0.321 e. The fourth-order valence-corrected chi connectivity index (χ4v) is 3.65. The van der Waals surface area contributed by atoms with Gasteiger partial charge in [-0.2, -0.15) is 0 Å². The number of carbonyl (C=O) groups is 1. The molecule has 0 aromatic carbocycles. The number of ether oxygens (including phenoxy) is 1. The molecule has 2 fully saturated rings. The topological polar surface area (TPSA) is 91.8 Å². The van der Waals surface area contributed by atoms with E-state index in [1.54, 1.807) is 11.0 Å². The summed E-state index contributed by atoms with van der Waals surface area (Å²) in [6, 6.07) is 2.75. The summed E-state index contributed by atoms with van der Waals surface area (Å²) in [5, 5.41) is 2.76. The normalized spacial score (nSPS) is 22.1. The van der Waals surface area contributed by atoms with E-state index in [-0.39, 0.29) is 11.1 Å². The van der Waals surface area contributed by atoms with Gasteiger partial charge in [0.15, 0.2) is 14.9 Å². The second-order valence-electron chi connectivity index (χ2n) is 6.51. The zero-order chi connectivity index (χ0) is 17.9. The first kappa shape index (κ1) is 18.1. The third-order valence-corrected chi connectivity index (χ3v) is 5.51. The standard InChI is InChI=1S/C16H24N4O4S/c1-25(22,23)15-5-4-13(11-17-15)18-16(21)20-8-6-19(7-9-20)12-14-3-2-10-24-14/h4-5,11,14H,2-3,6-10,12H2,1H3,(H,18,21)/t14-/m0/s1. The average Bonchev–Trinajstić information content (AvgIpc) is 3.08. The number of anilines is 1. The molecule has 2 aliphatic rings. The van der Waals surface area contributed by atoms with E-state index in [2.05, 4.69) is 15.2 Å². The number of rotatable bonds is 4. The van der Waals surface area contributed by atoms with Gasteiger partial charge in [-0.1, -0.05) is 0 Å². The smallest absolute Gasteiger partial charge is 0.321 e. The van der Waals surface area contributed by atoms with E-state index in [9.17, 15) is 13.2 Å². The Hall–Kier alpha value is -1.71. The summed E-state index contributed by atoms with van der Waals surface area (Å²) in [4.78, 5) is 20.3. The number of nitrogens with zero attached hydrogens (tertiary/aromatic N) is 3. The van der Waals surface area contributed by atoms with Crippen molar-refractivity contribution < 1.29 is 17.9 Å². The third-order valence-electron chi connectivity index (χ3n) is 4.51. The minimum atomic E-state index is -3.33. The van der Waals surface area contributed by atoms with Crippen LogP contribution >= 0.6 is 0 Å². The molecule has 138 valence electrons. The first-order valence-electron chi connectivity index (χ1n) is 8.48. The number of nitrogens with one attached hydrogen (secondary N) is 1. The first-order chi connectivity index (χ1) is 11.9. The van der Waals surface area contributed by atoms with Crippen LogP contribution in [0.3, 0.4) is 0 Å². The number of hydrogen-bond acceptors (Lipinski definition) is 6. The highest BCUT2D eigenvalue weighted by Crippen LogP contribution is 2.15. The van der Waals surface area contributed by atoms with Crippen LogP contribution in [-0.2, 0) is 14.6 Å². The van der Waals surface area contributed by atoms with Gasteiger partial charge in [-0.15, -0.1) is 0 Å². The highest BCUT2D eigenvalue weighted by molar-refractivity contribution is 7.90. The molecule has 0 bridgehead atoms. The molecule has 1 aromatic heterocycles. The molecule has 1 N–H and O–H groups in total. The number of pyridine rings is 1. The molecule has 2 aliphatic heterocycles. The predicted octanol–water partition coefficient (Wildman–Crippen LogP) is 0.814. The van der Waals surface area contributed by atoms with Crippen LogP contribution in [0.2, 0.25) is 0 Å². The van der Waals surface area contributed by atoms with Gasteiger partial charge >= 0.3 is 6.03 Å². The molecule has 2 amide bonds. The molecule has 2 saturated heterocycles. The van der Waals surface area contributed by atoms with Crippen molar-refractivity contribution in [2.24, 2.45) is 0 Å². The Morgan fingerprint density at radius 2 is 2.08 bits per heavy atom. The van der Waals surface area contributed by atoms with E-state index >= 15 is 0 Å². The second-order valence-corrected chi connectivity index (χ2v) is 8.47. The van der Waals surface area contributed by atoms with Crippen molar-refractivity contribution in [2.75, 3.05) is 50.9 Å². The van der Waals surface area contributed by atoms with Crippen molar-refractivity contribution in [3.05, 3.63) is 18.3 Å². The van der Waals surface area contributed by atoms with Crippen molar-refractivity contribution >= 4 is 21.6 Å². The van der Waals surface area contributed by atoms with Crippen molar-refractivity contribution in [3.63, 3.8) is 0 Å². The highest BCUT2D eigenvalue weighted by Gasteiger charge is 2.25. The zero-order valence-corrected chi connectivity index (χ0v) is 15.2. The summed E-state index contributed by atoms with van der Waals surface area (Å²) in [6.07, 6.45) is 5.06. The van der Waals surface area contributed by atoms with Crippen LogP contribution in [0.5, 0.6) is 0 Å². The molecule has 8 nitrogen and oxygen atoms in total. The van der Waals surface area contributed by atoms with Gasteiger partial charge in [0.25, 0.3) is 0 Å². The lowest BCUT2D eigenvalue weighted by molar-refractivity contribution is 0.0572. The van der Waals surface area contributed by atoms with E-state index < -0.39 is 9.84 Å². The minimum Gasteiger partial charge on any atom is -0.377 e. The second kappa shape index (κ2) is 7.67. The lowest BCUT2D eigenvalue weighted by Gasteiger charge is -2.35. The van der Waals surface area contributed by atoms with E-state index in [1.807, 2.05) is 0 Å². The Balaban J connectivity index is 1.47. The molecular weight excluding hydrogens is 344 g/mol. The monoisotopic (exact) mass is 368 g/mol. The Morgan fingerprint density at radius 1 is 1.32 bits per heavy atom. The Bertz CT molecular complexity index is 693. The molecule has 1 aromatic rings. The van der Waals surface area contributed by atoms with Gasteiger partial charge in [-0.3, -0.25) is 4.90 Å². The van der Waals surface area contributed by atoms with Crippen LogP contribution in [0, 0.1) is 0 Å². The number of piperazine rings is 1. The summed E-state index contributed by atoms with van der Waals surface area (Å²) in [5.74, 6) is 0. The average molecular weight is 368 g/mol. The Kier molecular flexibility index (Phi) is 5.55. The summed E-state index contributed by atoms with van der Waals surface area (Å²) < 4.78 is 28.5. The van der Waals surface area contributed by atoms with Crippen LogP contribution in [0.15, 0.2) is 23.4 Å². The number of carbonyl (C=O) groups excluding carboxylic acids is 1. The molecule has 0 unspecified atom stereocenters. The van der Waals surface area contributed by atoms with Gasteiger partial charge in [0.1, 0.15) is 0 Å². The van der Waals surface area contributed by atoms with Crippen molar-refractivity contribution in [1.82, 2.24) is 14.8 Å². The molecule has 25 heavy (non-hydrogen) atoms. The predicted molar refractivity (Wildman–Crippen MR) is 93.4 cm³/mol. The lowest BCUT2D eigenvalue weighted by atomic mass is 10.2. The lowest BCUT2D eigenvalue weighted by Crippen LogP contribution is -2.51. The summed E-state index contributed by atoms with van der Waals surface area (Å²) in [5.41, 5.74) is 0.485. The van der Waals surface area contributed by atoms with Crippen LogP contribution < -0.4 is 5.32 Å². The third kappa shape index (κ3) is 4.90. The van der Waals surface area contributed by atoms with Crippen LogP contribution in [-0.4, -0.2) is 80.9 Å². The van der Waals surface area contributed by atoms with Gasteiger partial charge < -0.3 is 15.0 Å². The van der Waals surface area contributed by atoms with Crippen molar-refractivity contribution in [3.8, 4) is 0 Å². The maximum absolute atomic E-state index is 12.3. The maximum atomic E-state index is 12.3. The molecule has 0 saturated carbocycles. The molecule has 3 heterocycles. The quantitative estimate of drug-likeness (QED) is 0.846. The first-order valence-corrected chi connectivity index (χ1v) is 10.4. The van der Waals surface area contributed by atoms with Crippen molar-refractivity contribution in [1.29, 1.82) is 0 Å². The van der Waals surface area contributed by atoms with E-state index in [0.717, 1.165) is 45.3 Å². The number of amides is 2. The van der Waals surface area contributed by atoms with Crippen molar-refractivity contribution in [2.45, 2.75) is 24.0 Å². The summed E-state index contributed by atoms with van der Waals surface area (Å²) in [7, 11) is -3.33. The molecule has 1 atom stereocenters. The van der Waals surface area contributed by atoms with Crippen LogP contribution in [0.25, 0.3) is 0 Å². The molecule has 0 aliphatic carbocycles. The van der Waals surface area contributed by atoms with Gasteiger partial charge in [0.2, 0.25) is 0 Å². The molecule has 3 rings (SSSR count). The number of sulfone groups is 1. The number of hydrogen-bond donors (Lipinski definition) is 1. The molecule has 0 spiro atoms. The van der Waals surface area contributed by atoms with Gasteiger partial charge in [-0.25, -0.2) is 18.2 Å². The Labute approximate surface area is 148 Å². The molecular formula is C16H24N4O4S. The minimum absolute atomic E-state index is 0.00625. The number of aromatic nitrogens is 1. The molecule has 9 heteroatoms. The SMILES string of the molecule is CS(=O)(=O)c1ccc(NC(=O)N2CCN(C[C@@H]3CCCO3)CC2)cn1. The number of urea groups is 1. The largest absolute Gasteiger partial charge is 0.377 e.